The Morgan fingerprint density at radius 3 is 0.860 bits per heavy atom. The zero-order valence-electron chi connectivity index (χ0n) is 22.5. The van der Waals surface area contributed by atoms with Crippen LogP contribution in [0.2, 0.25) is 0 Å². The molecule has 0 fully saturated rings. The molecular formula is C38H18N2O3. The molecule has 43 heavy (non-hydrogen) atoms. The van der Waals surface area contributed by atoms with E-state index in [4.69, 9.17) is 13.3 Å². The number of rotatable bonds is 2. The van der Waals surface area contributed by atoms with Gasteiger partial charge in [0.1, 0.15) is 33.5 Å². The first-order chi connectivity index (χ1) is 21.1. The molecule has 5 heteroatoms. The van der Waals surface area contributed by atoms with Gasteiger partial charge < -0.3 is 13.3 Å². The standard InChI is InChI=1S/C38H18N2O3/c39-19-21-1-7-33-27(13-21)29-15-23(3-9-35(29)41-33)25-5-11-37-31(17-25)32-18-26(6-12-38(32)43-37)24-4-10-36-30(16-24)28-14-22(20-40)2-8-34(28)42-36/h1-18H. The monoisotopic (exact) mass is 550 g/mol. The first-order valence-corrected chi connectivity index (χ1v) is 13.9. The van der Waals surface area contributed by atoms with Crippen molar-refractivity contribution in [2.45, 2.75) is 0 Å². The molecule has 0 saturated heterocycles. The summed E-state index contributed by atoms with van der Waals surface area (Å²) in [5, 5.41) is 24.7. The second-order valence-corrected chi connectivity index (χ2v) is 10.8. The Morgan fingerprint density at radius 1 is 0.326 bits per heavy atom. The van der Waals surface area contributed by atoms with E-state index in [9.17, 15) is 10.5 Å². The zero-order valence-corrected chi connectivity index (χ0v) is 22.5. The molecule has 0 bridgehead atoms. The van der Waals surface area contributed by atoms with Gasteiger partial charge in [0.25, 0.3) is 0 Å². The van der Waals surface area contributed by atoms with Gasteiger partial charge in [0.15, 0.2) is 0 Å². The van der Waals surface area contributed by atoms with Gasteiger partial charge in [-0.2, -0.15) is 10.5 Å². The lowest BCUT2D eigenvalue weighted by Crippen LogP contribution is -1.80. The number of furan rings is 3. The van der Waals surface area contributed by atoms with Crippen LogP contribution in [0.25, 0.3) is 88.1 Å². The van der Waals surface area contributed by atoms with Crippen LogP contribution in [0.15, 0.2) is 122 Å². The van der Waals surface area contributed by atoms with E-state index in [1.807, 2.05) is 48.5 Å². The Kier molecular flexibility index (Phi) is 4.68. The van der Waals surface area contributed by atoms with Crippen molar-refractivity contribution in [2.75, 3.05) is 0 Å². The molecule has 6 aromatic carbocycles. The molecule has 0 aliphatic heterocycles. The predicted molar refractivity (Wildman–Crippen MR) is 169 cm³/mol. The SMILES string of the molecule is N#Cc1ccc2oc3ccc(-c4ccc5oc6ccc(-c7ccc8oc9ccc(C#N)cc9c8c7)cc6c5c4)cc3c2c1. The quantitative estimate of drug-likeness (QED) is 0.214. The molecule has 0 saturated carbocycles. The summed E-state index contributed by atoms with van der Waals surface area (Å²) in [5.74, 6) is 0. The van der Waals surface area contributed by atoms with Crippen LogP contribution in [-0.2, 0) is 0 Å². The summed E-state index contributed by atoms with van der Waals surface area (Å²) in [6.07, 6.45) is 0. The minimum atomic E-state index is 0.606. The summed E-state index contributed by atoms with van der Waals surface area (Å²) in [6, 6.07) is 40.3. The third-order valence-corrected chi connectivity index (χ3v) is 8.33. The van der Waals surface area contributed by atoms with Gasteiger partial charge in [0.05, 0.1) is 23.3 Å². The summed E-state index contributed by atoms with van der Waals surface area (Å²) in [5.41, 5.74) is 10.2. The van der Waals surface area contributed by atoms with E-state index in [0.717, 1.165) is 88.1 Å². The maximum absolute atomic E-state index is 9.39. The van der Waals surface area contributed by atoms with Crippen molar-refractivity contribution in [3.63, 3.8) is 0 Å². The third kappa shape index (κ3) is 3.50. The molecule has 0 amide bonds. The molecule has 0 aliphatic rings. The second-order valence-electron chi connectivity index (χ2n) is 10.8. The number of nitriles is 2. The van der Waals surface area contributed by atoms with Crippen molar-refractivity contribution in [3.8, 4) is 34.4 Å². The normalized spacial score (nSPS) is 11.7. The molecule has 0 radical (unpaired) electrons. The van der Waals surface area contributed by atoms with Gasteiger partial charge in [-0.25, -0.2) is 0 Å². The van der Waals surface area contributed by atoms with Crippen LogP contribution in [0, 0.1) is 22.7 Å². The Bertz CT molecular complexity index is 2520. The van der Waals surface area contributed by atoms with E-state index < -0.39 is 0 Å². The number of benzene rings is 6. The van der Waals surface area contributed by atoms with Crippen molar-refractivity contribution in [2.24, 2.45) is 0 Å². The fourth-order valence-electron chi connectivity index (χ4n) is 6.19. The van der Waals surface area contributed by atoms with E-state index in [1.165, 1.54) is 0 Å². The van der Waals surface area contributed by atoms with Gasteiger partial charge in [-0.05, 0) is 107 Å². The Balaban J connectivity index is 1.18. The van der Waals surface area contributed by atoms with Crippen LogP contribution >= 0.6 is 0 Å². The smallest absolute Gasteiger partial charge is 0.135 e. The highest BCUT2D eigenvalue weighted by atomic mass is 16.3. The lowest BCUT2D eigenvalue weighted by Gasteiger charge is -2.04. The molecule has 198 valence electrons. The van der Waals surface area contributed by atoms with E-state index in [0.29, 0.717) is 11.1 Å². The van der Waals surface area contributed by atoms with Crippen molar-refractivity contribution >= 4 is 65.8 Å². The first-order valence-electron chi connectivity index (χ1n) is 13.9. The van der Waals surface area contributed by atoms with Gasteiger partial charge in [-0.15, -0.1) is 0 Å². The molecule has 0 N–H and O–H groups in total. The highest BCUT2D eigenvalue weighted by Crippen LogP contribution is 2.38. The molecule has 0 unspecified atom stereocenters. The summed E-state index contributed by atoms with van der Waals surface area (Å²) in [4.78, 5) is 0. The van der Waals surface area contributed by atoms with Crippen molar-refractivity contribution < 1.29 is 13.3 Å². The van der Waals surface area contributed by atoms with Gasteiger partial charge in [0.2, 0.25) is 0 Å². The number of hydrogen-bond donors (Lipinski definition) is 0. The van der Waals surface area contributed by atoms with Gasteiger partial charge >= 0.3 is 0 Å². The van der Waals surface area contributed by atoms with E-state index >= 15 is 0 Å². The van der Waals surface area contributed by atoms with E-state index in [-0.39, 0.29) is 0 Å². The average molecular weight is 551 g/mol. The molecule has 5 nitrogen and oxygen atoms in total. The summed E-state index contributed by atoms with van der Waals surface area (Å²) in [6.45, 7) is 0. The number of nitrogens with zero attached hydrogens (tertiary/aromatic N) is 2. The molecule has 0 aliphatic carbocycles. The number of hydrogen-bond acceptors (Lipinski definition) is 5. The van der Waals surface area contributed by atoms with Crippen molar-refractivity contribution in [1.82, 2.24) is 0 Å². The fraction of sp³-hybridized carbons (Fsp3) is 0. The minimum absolute atomic E-state index is 0.606. The van der Waals surface area contributed by atoms with Crippen LogP contribution in [0.1, 0.15) is 11.1 Å². The molecule has 0 atom stereocenters. The largest absolute Gasteiger partial charge is 0.456 e. The summed E-state index contributed by atoms with van der Waals surface area (Å²) in [7, 11) is 0. The van der Waals surface area contributed by atoms with Gasteiger partial charge in [-0.3, -0.25) is 0 Å². The summed E-state index contributed by atoms with van der Waals surface area (Å²) >= 11 is 0. The molecule has 3 heterocycles. The molecule has 9 aromatic rings. The molecule has 9 rings (SSSR count). The highest BCUT2D eigenvalue weighted by molar-refractivity contribution is 6.10. The van der Waals surface area contributed by atoms with Crippen LogP contribution in [-0.4, -0.2) is 0 Å². The van der Waals surface area contributed by atoms with E-state index in [1.54, 1.807) is 12.1 Å². The van der Waals surface area contributed by atoms with Crippen LogP contribution < -0.4 is 0 Å². The van der Waals surface area contributed by atoms with Crippen LogP contribution in [0.5, 0.6) is 0 Å². The maximum Gasteiger partial charge on any atom is 0.135 e. The molecule has 3 aromatic heterocycles. The predicted octanol–water partition coefficient (Wildman–Crippen LogP) is 10.5. The van der Waals surface area contributed by atoms with Crippen molar-refractivity contribution in [3.05, 3.63) is 120 Å². The zero-order chi connectivity index (χ0) is 28.7. The first kappa shape index (κ1) is 23.4. The average Bonchev–Trinajstić information content (AvgIpc) is 3.73. The van der Waals surface area contributed by atoms with Gasteiger partial charge in [0, 0.05) is 32.3 Å². The lowest BCUT2D eigenvalue weighted by molar-refractivity contribution is 0.668. The number of fused-ring (bicyclic) bond motifs is 9. The third-order valence-electron chi connectivity index (χ3n) is 8.33. The van der Waals surface area contributed by atoms with E-state index in [2.05, 4.69) is 60.7 Å². The van der Waals surface area contributed by atoms with Crippen LogP contribution in [0.3, 0.4) is 0 Å². The topological polar surface area (TPSA) is 87.0 Å². The van der Waals surface area contributed by atoms with Gasteiger partial charge in [-0.1, -0.05) is 24.3 Å². The molecule has 0 spiro atoms. The highest BCUT2D eigenvalue weighted by Gasteiger charge is 2.14. The fourth-order valence-corrected chi connectivity index (χ4v) is 6.19. The molecular weight excluding hydrogens is 532 g/mol. The Morgan fingerprint density at radius 2 is 0.581 bits per heavy atom. The second kappa shape index (κ2) is 8.60. The maximum atomic E-state index is 9.39. The minimum Gasteiger partial charge on any atom is -0.456 e. The Hall–Kier alpha value is -6.30. The Labute approximate surface area is 244 Å². The lowest BCUT2D eigenvalue weighted by atomic mass is 9.98. The van der Waals surface area contributed by atoms with Crippen molar-refractivity contribution in [1.29, 1.82) is 10.5 Å². The summed E-state index contributed by atoms with van der Waals surface area (Å²) < 4.78 is 18.3. The van der Waals surface area contributed by atoms with Crippen LogP contribution in [0.4, 0.5) is 0 Å².